The average Bonchev–Trinajstić information content (AvgIpc) is 1.99. The molecule has 0 amide bonds. The Morgan fingerprint density at radius 3 is 2.54 bits per heavy atom. The maximum atomic E-state index is 12.9. The van der Waals surface area contributed by atoms with Gasteiger partial charge < -0.3 is 9.84 Å². The lowest BCUT2D eigenvalue weighted by atomic mass is 10.3. The van der Waals surface area contributed by atoms with E-state index in [0.717, 1.165) is 6.07 Å². The van der Waals surface area contributed by atoms with Crippen LogP contribution in [-0.2, 0) is 0 Å². The molecule has 72 valence electrons. The predicted octanol–water partition coefficient (Wildman–Crippen LogP) is 2.85. The van der Waals surface area contributed by atoms with Crippen molar-refractivity contribution in [2.24, 2.45) is 0 Å². The molecule has 0 heterocycles. The molecule has 0 fully saturated rings. The van der Waals surface area contributed by atoms with Crippen molar-refractivity contribution < 1.29 is 14.2 Å². The van der Waals surface area contributed by atoms with E-state index in [1.165, 1.54) is 13.0 Å². The molecule has 0 spiro atoms. The Bertz CT molecular complexity index is 315. The van der Waals surface area contributed by atoms with Gasteiger partial charge in [-0.2, -0.15) is 0 Å². The van der Waals surface area contributed by atoms with Crippen LogP contribution in [0.4, 0.5) is 4.39 Å². The third-order valence-electron chi connectivity index (χ3n) is 1.27. The van der Waals surface area contributed by atoms with Gasteiger partial charge in [-0.15, -0.1) is 0 Å². The number of benzene rings is 1. The van der Waals surface area contributed by atoms with Crippen LogP contribution < -0.4 is 4.74 Å². The summed E-state index contributed by atoms with van der Waals surface area (Å²) in [5.41, 5.74) is 0. The minimum absolute atomic E-state index is 0.0681. The molecule has 1 aromatic rings. The Hall–Kier alpha value is -0.510. The monoisotopic (exact) mass is 224 g/mol. The number of aliphatic hydroxyl groups is 1. The van der Waals surface area contributed by atoms with Gasteiger partial charge in [0.05, 0.1) is 10.0 Å². The second kappa shape index (κ2) is 4.13. The number of aliphatic hydroxyl groups excluding tert-OH is 1. The van der Waals surface area contributed by atoms with Crippen LogP contribution in [0.5, 0.6) is 5.75 Å². The lowest BCUT2D eigenvalue weighted by molar-refractivity contribution is -0.000409. The molecule has 2 nitrogen and oxygen atoms in total. The summed E-state index contributed by atoms with van der Waals surface area (Å²) in [6, 6.07) is 2.24. The van der Waals surface area contributed by atoms with Crippen LogP contribution in [0.1, 0.15) is 6.92 Å². The summed E-state index contributed by atoms with van der Waals surface area (Å²) in [6.45, 7) is 1.39. The van der Waals surface area contributed by atoms with E-state index in [1.54, 1.807) is 0 Å². The summed E-state index contributed by atoms with van der Waals surface area (Å²) in [7, 11) is 0. The highest BCUT2D eigenvalue weighted by atomic mass is 35.5. The molecule has 0 aliphatic rings. The lowest BCUT2D eigenvalue weighted by Gasteiger charge is -2.10. The van der Waals surface area contributed by atoms with Gasteiger partial charge in [0.2, 0.25) is 0 Å². The fourth-order valence-electron chi connectivity index (χ4n) is 0.778. The van der Waals surface area contributed by atoms with Gasteiger partial charge in [0.25, 0.3) is 0 Å². The van der Waals surface area contributed by atoms with Crippen molar-refractivity contribution in [3.05, 3.63) is 28.0 Å². The highest BCUT2D eigenvalue weighted by Crippen LogP contribution is 2.30. The first-order valence-electron chi connectivity index (χ1n) is 3.50. The Morgan fingerprint density at radius 2 is 2.00 bits per heavy atom. The highest BCUT2D eigenvalue weighted by Gasteiger charge is 2.09. The molecule has 0 aromatic heterocycles. The molecule has 0 aliphatic heterocycles. The third-order valence-corrected chi connectivity index (χ3v) is 1.86. The second-order valence-corrected chi connectivity index (χ2v) is 3.23. The fraction of sp³-hybridized carbons (Fsp3) is 0.250. The van der Waals surface area contributed by atoms with E-state index < -0.39 is 12.1 Å². The van der Waals surface area contributed by atoms with Gasteiger partial charge in [0.1, 0.15) is 11.6 Å². The first-order chi connectivity index (χ1) is 6.00. The van der Waals surface area contributed by atoms with Gasteiger partial charge >= 0.3 is 0 Å². The van der Waals surface area contributed by atoms with Gasteiger partial charge in [-0.3, -0.25) is 0 Å². The molecule has 5 heteroatoms. The molecule has 0 bridgehead atoms. The number of hydrogen-bond acceptors (Lipinski definition) is 2. The summed E-state index contributed by atoms with van der Waals surface area (Å²) in [5.74, 6) is -0.569. The quantitative estimate of drug-likeness (QED) is 0.619. The van der Waals surface area contributed by atoms with Crippen LogP contribution in [0.15, 0.2) is 12.1 Å². The molecule has 1 rings (SSSR count). The Kier molecular flexibility index (Phi) is 3.36. The van der Waals surface area contributed by atoms with E-state index in [4.69, 9.17) is 33.0 Å². The maximum absolute atomic E-state index is 12.9. The van der Waals surface area contributed by atoms with Crippen molar-refractivity contribution >= 4 is 23.2 Å². The van der Waals surface area contributed by atoms with Crippen molar-refractivity contribution in [3.63, 3.8) is 0 Å². The second-order valence-electron chi connectivity index (χ2n) is 2.41. The van der Waals surface area contributed by atoms with Crippen LogP contribution in [0.2, 0.25) is 10.0 Å². The first kappa shape index (κ1) is 10.6. The minimum Gasteiger partial charge on any atom is -0.464 e. The van der Waals surface area contributed by atoms with Gasteiger partial charge in [-0.25, -0.2) is 4.39 Å². The van der Waals surface area contributed by atoms with Crippen molar-refractivity contribution in [2.45, 2.75) is 13.2 Å². The molecule has 0 saturated carbocycles. The Morgan fingerprint density at radius 1 is 1.38 bits per heavy atom. The molecule has 1 N–H and O–H groups in total. The van der Waals surface area contributed by atoms with Gasteiger partial charge in [-0.05, 0) is 13.0 Å². The molecule has 1 unspecified atom stereocenters. The van der Waals surface area contributed by atoms with E-state index in [2.05, 4.69) is 0 Å². The standard InChI is InChI=1S/C8H7Cl2FO2/c1-4(12)13-8-3-7(11)5(9)2-6(8)10/h2-4,12H,1H3. The van der Waals surface area contributed by atoms with E-state index in [1.807, 2.05) is 0 Å². The average molecular weight is 225 g/mol. The summed E-state index contributed by atoms with van der Waals surface area (Å²) in [6.07, 6.45) is -1.04. The molecule has 0 saturated heterocycles. The van der Waals surface area contributed by atoms with Gasteiger partial charge in [-0.1, -0.05) is 23.2 Å². The van der Waals surface area contributed by atoms with Crippen molar-refractivity contribution in [1.82, 2.24) is 0 Å². The summed E-state index contributed by atoms with van der Waals surface area (Å²) in [4.78, 5) is 0. The fourth-order valence-corrected chi connectivity index (χ4v) is 1.21. The summed E-state index contributed by atoms with van der Waals surface area (Å²) >= 11 is 11.1. The molecular weight excluding hydrogens is 218 g/mol. The SMILES string of the molecule is CC(O)Oc1cc(F)c(Cl)cc1Cl. The summed E-state index contributed by atoms with van der Waals surface area (Å²) < 4.78 is 17.7. The number of ether oxygens (including phenoxy) is 1. The molecule has 0 aliphatic carbocycles. The van der Waals surface area contributed by atoms with Gasteiger partial charge in [0.15, 0.2) is 6.29 Å². The first-order valence-corrected chi connectivity index (χ1v) is 4.25. The van der Waals surface area contributed by atoms with Crippen LogP contribution in [0.3, 0.4) is 0 Å². The van der Waals surface area contributed by atoms with E-state index in [0.29, 0.717) is 0 Å². The largest absolute Gasteiger partial charge is 0.464 e. The topological polar surface area (TPSA) is 29.5 Å². The Labute approximate surface area is 84.8 Å². The molecule has 1 atom stereocenters. The van der Waals surface area contributed by atoms with Crippen LogP contribution in [0, 0.1) is 5.82 Å². The molecule has 0 radical (unpaired) electrons. The van der Waals surface area contributed by atoms with Gasteiger partial charge in [0, 0.05) is 6.07 Å². The van der Waals surface area contributed by atoms with Crippen LogP contribution in [0.25, 0.3) is 0 Å². The van der Waals surface area contributed by atoms with Crippen molar-refractivity contribution in [3.8, 4) is 5.75 Å². The van der Waals surface area contributed by atoms with E-state index in [-0.39, 0.29) is 15.8 Å². The zero-order chi connectivity index (χ0) is 10.0. The molecule has 1 aromatic carbocycles. The smallest absolute Gasteiger partial charge is 0.194 e. The van der Waals surface area contributed by atoms with Crippen molar-refractivity contribution in [1.29, 1.82) is 0 Å². The third kappa shape index (κ3) is 2.72. The van der Waals surface area contributed by atoms with E-state index >= 15 is 0 Å². The van der Waals surface area contributed by atoms with Crippen LogP contribution >= 0.6 is 23.2 Å². The number of hydrogen-bond donors (Lipinski definition) is 1. The normalized spacial score (nSPS) is 12.7. The maximum Gasteiger partial charge on any atom is 0.194 e. The zero-order valence-electron chi connectivity index (χ0n) is 6.72. The van der Waals surface area contributed by atoms with E-state index in [9.17, 15) is 4.39 Å². The lowest BCUT2D eigenvalue weighted by Crippen LogP contribution is -2.10. The van der Waals surface area contributed by atoms with Crippen molar-refractivity contribution in [2.75, 3.05) is 0 Å². The number of halogens is 3. The minimum atomic E-state index is -1.04. The molecule has 13 heavy (non-hydrogen) atoms. The Balaban J connectivity index is 3.01. The van der Waals surface area contributed by atoms with Crippen LogP contribution in [-0.4, -0.2) is 11.4 Å². The zero-order valence-corrected chi connectivity index (χ0v) is 8.23. The molecular formula is C8H7Cl2FO2. The number of rotatable bonds is 2. The highest BCUT2D eigenvalue weighted by molar-refractivity contribution is 6.35. The summed E-state index contributed by atoms with van der Waals surface area (Å²) in [5, 5.41) is 8.93. The predicted molar refractivity (Wildman–Crippen MR) is 48.7 cm³/mol.